The van der Waals surface area contributed by atoms with E-state index in [2.05, 4.69) is 234 Å². The van der Waals surface area contributed by atoms with E-state index < -0.39 is 17.6 Å². The van der Waals surface area contributed by atoms with Crippen molar-refractivity contribution in [3.8, 4) is 0 Å². The van der Waals surface area contributed by atoms with Gasteiger partial charge in [-0.3, -0.25) is 0 Å². The highest BCUT2D eigenvalue weighted by molar-refractivity contribution is 6.71. The summed E-state index contributed by atoms with van der Waals surface area (Å²) >= 11 is 0. The molecule has 68 heavy (non-hydrogen) atoms. The molecule has 334 valence electrons. The Kier molecular flexibility index (Phi) is 10.1. The van der Waals surface area contributed by atoms with E-state index in [-0.39, 0.29) is 11.8 Å². The largest absolute Gasteiger partial charge is 0.454 e. The van der Waals surface area contributed by atoms with E-state index in [0.29, 0.717) is 0 Å². The van der Waals surface area contributed by atoms with Crippen LogP contribution in [0.4, 0.5) is 34.1 Å². The molecule has 0 N–H and O–H groups in total. The molecule has 0 aliphatic rings. The number of nitrogens with zero attached hydrogens (tertiary/aromatic N) is 2. The molecule has 2 heterocycles. The third kappa shape index (κ3) is 6.60. The lowest BCUT2D eigenvalue weighted by molar-refractivity contribution is 0.668. The van der Waals surface area contributed by atoms with E-state index in [0.717, 1.165) is 78.0 Å². The van der Waals surface area contributed by atoms with Gasteiger partial charge in [-0.05, 0) is 105 Å². The maximum Gasteiger partial charge on any atom is 0.159 e. The lowest BCUT2D eigenvalue weighted by Crippen LogP contribution is -2.22. The van der Waals surface area contributed by atoms with E-state index in [1.54, 1.807) is 0 Å². The van der Waals surface area contributed by atoms with Crippen LogP contribution in [0.3, 0.4) is 0 Å². The maximum atomic E-state index is 6.86. The molecule has 0 saturated heterocycles. The summed E-state index contributed by atoms with van der Waals surface area (Å²) in [6.07, 6.45) is 0. The van der Waals surface area contributed by atoms with Gasteiger partial charge in [0.25, 0.3) is 0 Å². The van der Waals surface area contributed by atoms with Crippen molar-refractivity contribution in [2.24, 2.45) is 0 Å². The van der Waals surface area contributed by atoms with Gasteiger partial charge >= 0.3 is 0 Å². The van der Waals surface area contributed by atoms with Gasteiger partial charge in [0.05, 0.1) is 40.3 Å². The van der Waals surface area contributed by atoms with Gasteiger partial charge < -0.3 is 18.6 Å². The molecule has 2 aromatic heterocycles. The predicted molar refractivity (Wildman–Crippen MR) is 299 cm³/mol. The first-order chi connectivity index (χ1) is 33.0. The summed E-state index contributed by atoms with van der Waals surface area (Å²) in [5.74, 6) is 0.511. The van der Waals surface area contributed by atoms with E-state index in [4.69, 9.17) is 8.83 Å². The summed E-state index contributed by atoms with van der Waals surface area (Å²) in [5.41, 5.74) is 12.8. The fraction of sp³-hybridized carbons (Fsp3) is 0.161. The van der Waals surface area contributed by atoms with Crippen molar-refractivity contribution in [1.29, 1.82) is 0 Å². The predicted octanol–water partition coefficient (Wildman–Crippen LogP) is 17.0. The van der Waals surface area contributed by atoms with Gasteiger partial charge in [-0.1, -0.05) is 173 Å². The number of benzene rings is 10. The minimum Gasteiger partial charge on any atom is -0.454 e. The van der Waals surface area contributed by atoms with Crippen molar-refractivity contribution in [2.45, 2.75) is 65.7 Å². The Balaban J connectivity index is 1.20. The van der Waals surface area contributed by atoms with Gasteiger partial charge in [0.15, 0.2) is 11.2 Å². The molecule has 0 unspecified atom stereocenters. The van der Waals surface area contributed by atoms with Gasteiger partial charge in [-0.2, -0.15) is 0 Å². The van der Waals surface area contributed by atoms with Crippen molar-refractivity contribution in [1.82, 2.24) is 0 Å². The number of para-hydroxylation sites is 4. The first-order valence-electron chi connectivity index (χ1n) is 24.4. The SMILES string of the molecule is CC(C)c1cc(N(c2ccc([SiH](C)C)cc2)c2cccc3c2oc2ccccc23)c2ccc3c(C(C)C)cc(N(c4ccc([SiH](C)C)cc4)c4cccc5c4oc4ccccc45)c4ccc1c2c34. The van der Waals surface area contributed by atoms with Gasteiger partial charge in [-0.25, -0.2) is 0 Å². The fourth-order valence-corrected chi connectivity index (χ4v) is 12.9. The smallest absolute Gasteiger partial charge is 0.159 e. The lowest BCUT2D eigenvalue weighted by Gasteiger charge is -2.31. The molecule has 12 rings (SSSR count). The van der Waals surface area contributed by atoms with Crippen LogP contribution in [0.15, 0.2) is 179 Å². The van der Waals surface area contributed by atoms with Gasteiger partial charge in [0, 0.05) is 43.7 Å². The molecule has 0 fully saturated rings. The standard InChI is InChI=1S/C62H56N2O2Si2/c1-37(2)51-35-55(63(39-23-27-41(28-24-39)67(5)6)53-19-13-17-47-43-15-9-11-21-57(43)65-61(47)53)49-34-32-46-52(38(3)4)36-56(50-33-31-45(51)59(49)60(46)50)64(40-25-29-42(30-26-40)68(7)8)54-20-14-18-48-44-16-10-12-22-58(44)66-62(48)54/h9-38,67-68H,1-8H3. The number of anilines is 6. The molecule has 0 radical (unpaired) electrons. The fourth-order valence-electron chi connectivity index (χ4n) is 11.0. The first kappa shape index (κ1) is 42.2. The van der Waals surface area contributed by atoms with Crippen LogP contribution in [-0.4, -0.2) is 17.6 Å². The minimum absolute atomic E-state index is 0.255. The summed E-state index contributed by atoms with van der Waals surface area (Å²) in [4.78, 5) is 4.96. The topological polar surface area (TPSA) is 32.8 Å². The summed E-state index contributed by atoms with van der Waals surface area (Å²) in [5, 5.41) is 15.0. The summed E-state index contributed by atoms with van der Waals surface area (Å²) in [6.45, 7) is 19.0. The normalized spacial score (nSPS) is 12.4. The molecule has 0 spiro atoms. The molecule has 6 heteroatoms. The Labute approximate surface area is 401 Å². The molecule has 10 aromatic carbocycles. The minimum atomic E-state index is -1.04. The van der Waals surface area contributed by atoms with Crippen molar-refractivity contribution >= 4 is 138 Å². The number of hydrogen-bond donors (Lipinski definition) is 0. The highest BCUT2D eigenvalue weighted by Gasteiger charge is 2.28. The van der Waals surface area contributed by atoms with Crippen molar-refractivity contribution < 1.29 is 8.83 Å². The Bertz CT molecular complexity index is 3620. The Morgan fingerprint density at radius 3 is 1.10 bits per heavy atom. The van der Waals surface area contributed by atoms with Crippen LogP contribution < -0.4 is 20.2 Å². The van der Waals surface area contributed by atoms with E-state index in [1.807, 2.05) is 0 Å². The summed E-state index contributed by atoms with van der Waals surface area (Å²) in [6, 6.07) is 63.4. The van der Waals surface area contributed by atoms with Crippen LogP contribution in [0.25, 0.3) is 76.2 Å². The molecule has 12 aromatic rings. The van der Waals surface area contributed by atoms with Crippen LogP contribution in [0.2, 0.25) is 26.2 Å². The molecular weight excluding hydrogens is 861 g/mol. The zero-order valence-electron chi connectivity index (χ0n) is 40.2. The molecule has 4 nitrogen and oxygen atoms in total. The molecule has 0 aliphatic carbocycles. The second kappa shape index (κ2) is 16.3. The van der Waals surface area contributed by atoms with Crippen LogP contribution in [-0.2, 0) is 0 Å². The van der Waals surface area contributed by atoms with Gasteiger partial charge in [-0.15, -0.1) is 0 Å². The van der Waals surface area contributed by atoms with Gasteiger partial charge in [0.1, 0.15) is 11.2 Å². The molecule has 0 amide bonds. The van der Waals surface area contributed by atoms with E-state index in [9.17, 15) is 0 Å². The Hall–Kier alpha value is -7.13. The Morgan fingerprint density at radius 1 is 0.353 bits per heavy atom. The second-order valence-corrected chi connectivity index (χ2v) is 26.0. The van der Waals surface area contributed by atoms with E-state index >= 15 is 0 Å². The lowest BCUT2D eigenvalue weighted by atomic mass is 9.84. The molecule has 0 atom stereocenters. The average Bonchev–Trinajstić information content (AvgIpc) is 3.93. The van der Waals surface area contributed by atoms with Crippen LogP contribution in [0, 0.1) is 0 Å². The van der Waals surface area contributed by atoms with Crippen LogP contribution in [0.1, 0.15) is 50.7 Å². The number of hydrogen-bond acceptors (Lipinski definition) is 4. The summed E-state index contributed by atoms with van der Waals surface area (Å²) in [7, 11) is -2.08. The quantitative estimate of drug-likeness (QED) is 0.101. The number of fused-ring (bicyclic) bond motifs is 6. The average molecular weight is 917 g/mol. The monoisotopic (exact) mass is 916 g/mol. The Morgan fingerprint density at radius 2 is 0.721 bits per heavy atom. The zero-order valence-corrected chi connectivity index (χ0v) is 42.5. The third-order valence-corrected chi connectivity index (χ3v) is 18.0. The van der Waals surface area contributed by atoms with Crippen molar-refractivity contribution in [2.75, 3.05) is 9.80 Å². The van der Waals surface area contributed by atoms with Crippen molar-refractivity contribution in [3.63, 3.8) is 0 Å². The van der Waals surface area contributed by atoms with Crippen molar-refractivity contribution in [3.05, 3.63) is 181 Å². The molecule has 0 saturated carbocycles. The first-order valence-corrected chi connectivity index (χ1v) is 30.2. The number of rotatable bonds is 10. The number of furan rings is 2. The van der Waals surface area contributed by atoms with E-state index in [1.165, 1.54) is 53.8 Å². The van der Waals surface area contributed by atoms with Crippen LogP contribution in [0.5, 0.6) is 0 Å². The molecule has 0 aliphatic heterocycles. The van der Waals surface area contributed by atoms with Gasteiger partial charge in [0.2, 0.25) is 0 Å². The molecular formula is C62H56N2O2Si2. The summed E-state index contributed by atoms with van der Waals surface area (Å²) < 4.78 is 13.7. The molecule has 0 bridgehead atoms. The highest BCUT2D eigenvalue weighted by atomic mass is 28.3. The third-order valence-electron chi connectivity index (χ3n) is 14.5. The second-order valence-electron chi connectivity index (χ2n) is 20.0. The van der Waals surface area contributed by atoms with Crippen LogP contribution >= 0.6 is 0 Å². The highest BCUT2D eigenvalue weighted by Crippen LogP contribution is 2.53. The maximum absolute atomic E-state index is 6.86. The zero-order chi connectivity index (χ0) is 46.5.